The molecule has 2 aromatic heterocycles. The van der Waals surface area contributed by atoms with E-state index in [9.17, 15) is 26.4 Å². The summed E-state index contributed by atoms with van der Waals surface area (Å²) in [6.45, 7) is 0. The van der Waals surface area contributed by atoms with Gasteiger partial charge in [0.25, 0.3) is 5.56 Å². The van der Waals surface area contributed by atoms with Crippen molar-refractivity contribution in [2.24, 2.45) is 0 Å². The van der Waals surface area contributed by atoms with E-state index in [1.807, 2.05) is 0 Å². The van der Waals surface area contributed by atoms with E-state index in [1.54, 1.807) is 12.3 Å². The highest BCUT2D eigenvalue weighted by molar-refractivity contribution is 7.89. The Morgan fingerprint density at radius 2 is 1.81 bits per heavy atom. The van der Waals surface area contributed by atoms with Gasteiger partial charge in [0.1, 0.15) is 0 Å². The maximum atomic E-state index is 12.6. The fourth-order valence-electron chi connectivity index (χ4n) is 2.36. The number of hydrogen-bond donors (Lipinski definition) is 1. The van der Waals surface area contributed by atoms with Gasteiger partial charge in [0, 0.05) is 18.6 Å². The monoisotopic (exact) mass is 398 g/mol. The molecule has 0 aliphatic heterocycles. The average Bonchev–Trinajstić information content (AvgIpc) is 3.10. The van der Waals surface area contributed by atoms with E-state index in [-0.39, 0.29) is 17.1 Å². The predicted octanol–water partition coefficient (Wildman–Crippen LogP) is 2.09. The maximum absolute atomic E-state index is 12.6. The zero-order valence-electron chi connectivity index (χ0n) is 13.6. The van der Waals surface area contributed by atoms with Crippen LogP contribution in [0.1, 0.15) is 16.7 Å². The van der Waals surface area contributed by atoms with Crippen molar-refractivity contribution in [3.8, 4) is 5.95 Å². The van der Waals surface area contributed by atoms with Crippen molar-refractivity contribution in [3.05, 3.63) is 76.0 Å². The molecule has 7 nitrogen and oxygen atoms in total. The van der Waals surface area contributed by atoms with Gasteiger partial charge in [0.2, 0.25) is 5.95 Å². The van der Waals surface area contributed by atoms with E-state index in [0.29, 0.717) is 0 Å². The second-order valence-corrected chi connectivity index (χ2v) is 7.80. The number of alkyl halides is 3. The number of rotatable bonds is 5. The first-order valence-electron chi connectivity index (χ1n) is 7.59. The fraction of sp³-hybridized carbons (Fsp3) is 0.188. The summed E-state index contributed by atoms with van der Waals surface area (Å²) in [6.07, 6.45) is -0.311. The number of benzene rings is 1. The molecule has 0 bridgehead atoms. The van der Waals surface area contributed by atoms with Crippen molar-refractivity contribution in [2.45, 2.75) is 17.7 Å². The first-order chi connectivity index (χ1) is 12.6. The van der Waals surface area contributed by atoms with Gasteiger partial charge in [-0.15, -0.1) is 0 Å². The maximum Gasteiger partial charge on any atom is 0.416 e. The van der Waals surface area contributed by atoms with Crippen LogP contribution in [-0.4, -0.2) is 28.2 Å². The Morgan fingerprint density at radius 3 is 2.37 bits per heavy atom. The summed E-state index contributed by atoms with van der Waals surface area (Å²) in [5.74, 6) is -0.949. The summed E-state index contributed by atoms with van der Waals surface area (Å²) in [5.41, 5.74) is -1.37. The number of sulfone groups is 1. The molecule has 1 N–H and O–H groups in total. The SMILES string of the molecule is O=c1[nH]c(-n2cccn2)ncc1CS(=O)(=O)Cc1ccc(C(F)(F)F)cc1. The minimum atomic E-state index is -4.49. The Labute approximate surface area is 151 Å². The first kappa shape index (κ1) is 18.8. The molecule has 0 fully saturated rings. The Kier molecular flexibility index (Phi) is 4.87. The van der Waals surface area contributed by atoms with Gasteiger partial charge in [-0.2, -0.15) is 18.3 Å². The van der Waals surface area contributed by atoms with Crippen LogP contribution in [0.15, 0.2) is 53.7 Å². The Morgan fingerprint density at radius 1 is 1.11 bits per heavy atom. The topological polar surface area (TPSA) is 97.7 Å². The van der Waals surface area contributed by atoms with Gasteiger partial charge >= 0.3 is 6.18 Å². The molecule has 0 unspecified atom stereocenters. The molecule has 0 amide bonds. The largest absolute Gasteiger partial charge is 0.416 e. The molecule has 2 heterocycles. The fourth-order valence-corrected chi connectivity index (χ4v) is 3.84. The zero-order valence-corrected chi connectivity index (χ0v) is 14.5. The lowest BCUT2D eigenvalue weighted by atomic mass is 10.1. The Bertz CT molecular complexity index is 1090. The third-order valence-electron chi connectivity index (χ3n) is 3.62. The molecule has 0 atom stereocenters. The lowest BCUT2D eigenvalue weighted by Crippen LogP contribution is -2.20. The molecule has 0 aliphatic rings. The smallest absolute Gasteiger partial charge is 0.291 e. The van der Waals surface area contributed by atoms with Crippen LogP contribution >= 0.6 is 0 Å². The number of aromatic amines is 1. The molecule has 3 rings (SSSR count). The van der Waals surface area contributed by atoms with E-state index < -0.39 is 38.6 Å². The van der Waals surface area contributed by atoms with E-state index >= 15 is 0 Å². The second-order valence-electron chi connectivity index (χ2n) is 5.74. The summed E-state index contributed by atoms with van der Waals surface area (Å²) in [5, 5.41) is 3.90. The quantitative estimate of drug-likeness (QED) is 0.710. The lowest BCUT2D eigenvalue weighted by Gasteiger charge is -2.08. The van der Waals surface area contributed by atoms with Gasteiger partial charge in [0.15, 0.2) is 9.84 Å². The van der Waals surface area contributed by atoms with Crippen LogP contribution in [-0.2, 0) is 27.5 Å². The number of nitrogens with one attached hydrogen (secondary N) is 1. The van der Waals surface area contributed by atoms with Crippen LogP contribution < -0.4 is 5.56 Å². The van der Waals surface area contributed by atoms with E-state index in [1.165, 1.54) is 10.9 Å². The van der Waals surface area contributed by atoms with Gasteiger partial charge in [-0.05, 0) is 23.8 Å². The van der Waals surface area contributed by atoms with Crippen molar-refractivity contribution in [1.29, 1.82) is 0 Å². The highest BCUT2D eigenvalue weighted by Crippen LogP contribution is 2.29. The molecule has 3 aromatic rings. The van der Waals surface area contributed by atoms with Gasteiger partial charge in [-0.3, -0.25) is 9.78 Å². The summed E-state index contributed by atoms with van der Waals surface area (Å²) >= 11 is 0. The number of hydrogen-bond acceptors (Lipinski definition) is 5. The molecule has 0 saturated heterocycles. The molecular formula is C16H13F3N4O3S. The van der Waals surface area contributed by atoms with E-state index in [2.05, 4.69) is 15.1 Å². The van der Waals surface area contributed by atoms with Crippen LogP contribution in [0.4, 0.5) is 13.2 Å². The Hall–Kier alpha value is -2.95. The van der Waals surface area contributed by atoms with Crippen LogP contribution in [0.3, 0.4) is 0 Å². The third-order valence-corrected chi connectivity index (χ3v) is 5.15. The van der Waals surface area contributed by atoms with Crippen molar-refractivity contribution < 1.29 is 21.6 Å². The van der Waals surface area contributed by atoms with Gasteiger partial charge in [-0.25, -0.2) is 18.1 Å². The average molecular weight is 398 g/mol. The van der Waals surface area contributed by atoms with E-state index in [0.717, 1.165) is 30.5 Å². The number of halogens is 3. The number of nitrogens with zero attached hydrogens (tertiary/aromatic N) is 3. The molecular weight excluding hydrogens is 385 g/mol. The molecule has 142 valence electrons. The summed E-state index contributed by atoms with van der Waals surface area (Å²) in [6, 6.07) is 5.46. The minimum Gasteiger partial charge on any atom is -0.291 e. The van der Waals surface area contributed by atoms with Crippen molar-refractivity contribution in [3.63, 3.8) is 0 Å². The normalized spacial score (nSPS) is 12.3. The number of aromatic nitrogens is 4. The summed E-state index contributed by atoms with van der Waals surface area (Å²) < 4.78 is 63.6. The lowest BCUT2D eigenvalue weighted by molar-refractivity contribution is -0.137. The second kappa shape index (κ2) is 6.99. The highest BCUT2D eigenvalue weighted by Gasteiger charge is 2.30. The first-order valence-corrected chi connectivity index (χ1v) is 9.41. The summed E-state index contributed by atoms with van der Waals surface area (Å²) in [4.78, 5) is 18.5. The van der Waals surface area contributed by atoms with Crippen LogP contribution in [0, 0.1) is 0 Å². The van der Waals surface area contributed by atoms with Gasteiger partial charge in [0.05, 0.1) is 22.6 Å². The number of H-pyrrole nitrogens is 1. The Balaban J connectivity index is 1.76. The van der Waals surface area contributed by atoms with Crippen LogP contribution in [0.2, 0.25) is 0 Å². The van der Waals surface area contributed by atoms with Gasteiger partial charge in [-0.1, -0.05) is 12.1 Å². The molecule has 0 spiro atoms. The standard InChI is InChI=1S/C16H13F3N4O3S/c17-16(18,19)13-4-2-11(3-5-13)9-27(25,26)10-12-8-20-15(22-14(12)24)23-7-1-6-21-23/h1-8H,9-10H2,(H,20,22,24). The minimum absolute atomic E-state index is 0.0715. The summed E-state index contributed by atoms with van der Waals surface area (Å²) in [7, 11) is -3.79. The van der Waals surface area contributed by atoms with Crippen molar-refractivity contribution in [2.75, 3.05) is 0 Å². The van der Waals surface area contributed by atoms with Crippen LogP contribution in [0.5, 0.6) is 0 Å². The zero-order chi connectivity index (χ0) is 19.7. The molecule has 0 aliphatic carbocycles. The highest BCUT2D eigenvalue weighted by atomic mass is 32.2. The molecule has 27 heavy (non-hydrogen) atoms. The van der Waals surface area contributed by atoms with Crippen molar-refractivity contribution in [1.82, 2.24) is 19.7 Å². The van der Waals surface area contributed by atoms with Crippen LogP contribution in [0.25, 0.3) is 5.95 Å². The van der Waals surface area contributed by atoms with E-state index in [4.69, 9.17) is 0 Å². The molecule has 11 heteroatoms. The van der Waals surface area contributed by atoms with Gasteiger partial charge < -0.3 is 0 Å². The predicted molar refractivity (Wildman–Crippen MR) is 89.8 cm³/mol. The van der Waals surface area contributed by atoms with Crippen molar-refractivity contribution >= 4 is 9.84 Å². The molecule has 0 radical (unpaired) electrons. The third kappa shape index (κ3) is 4.61. The molecule has 1 aromatic carbocycles. The molecule has 0 saturated carbocycles.